The van der Waals surface area contributed by atoms with E-state index in [-0.39, 0.29) is 18.0 Å². The molecule has 0 bridgehead atoms. The molecule has 2 aromatic heterocycles. The number of aromatic nitrogens is 1. The minimum absolute atomic E-state index is 0.0471. The Morgan fingerprint density at radius 3 is 2.90 bits per heavy atom. The van der Waals surface area contributed by atoms with Crippen LogP contribution in [0.15, 0.2) is 35.8 Å². The summed E-state index contributed by atoms with van der Waals surface area (Å²) < 4.78 is 0. The van der Waals surface area contributed by atoms with Crippen molar-refractivity contribution in [2.45, 2.75) is 25.8 Å². The highest BCUT2D eigenvalue weighted by Crippen LogP contribution is 2.11. The Labute approximate surface area is 126 Å². The quantitative estimate of drug-likeness (QED) is 0.823. The first-order valence-corrected chi connectivity index (χ1v) is 7.50. The van der Waals surface area contributed by atoms with Crippen molar-refractivity contribution in [1.29, 1.82) is 0 Å². The third-order valence-electron chi connectivity index (χ3n) is 2.94. The van der Waals surface area contributed by atoms with Crippen molar-refractivity contribution >= 4 is 23.2 Å². The van der Waals surface area contributed by atoms with E-state index in [0.717, 1.165) is 12.8 Å². The van der Waals surface area contributed by atoms with Crippen molar-refractivity contribution in [1.82, 2.24) is 10.3 Å². The molecule has 110 valence electrons. The van der Waals surface area contributed by atoms with E-state index in [9.17, 15) is 9.59 Å². The first-order valence-electron chi connectivity index (χ1n) is 6.62. The van der Waals surface area contributed by atoms with Gasteiger partial charge < -0.3 is 10.4 Å². The van der Waals surface area contributed by atoms with E-state index in [2.05, 4.69) is 16.4 Å². The molecule has 0 fully saturated rings. The number of aromatic carboxylic acids is 1. The van der Waals surface area contributed by atoms with Crippen LogP contribution in [0, 0.1) is 0 Å². The van der Waals surface area contributed by atoms with Crippen molar-refractivity contribution in [2.24, 2.45) is 0 Å². The lowest BCUT2D eigenvalue weighted by atomic mass is 10.2. The van der Waals surface area contributed by atoms with Crippen LogP contribution in [-0.4, -0.2) is 22.0 Å². The van der Waals surface area contributed by atoms with Gasteiger partial charge in [-0.25, -0.2) is 4.79 Å². The van der Waals surface area contributed by atoms with Crippen molar-refractivity contribution in [3.05, 3.63) is 52.0 Å². The molecule has 0 spiro atoms. The number of hydrogen-bond donors (Lipinski definition) is 2. The van der Waals surface area contributed by atoms with Crippen LogP contribution >= 0.6 is 11.3 Å². The molecule has 0 aliphatic rings. The summed E-state index contributed by atoms with van der Waals surface area (Å²) in [6.45, 7) is 0.249. The van der Waals surface area contributed by atoms with Crippen LogP contribution in [0.4, 0.5) is 0 Å². The van der Waals surface area contributed by atoms with E-state index in [0.29, 0.717) is 12.1 Å². The molecule has 2 N–H and O–H groups in total. The summed E-state index contributed by atoms with van der Waals surface area (Å²) in [5, 5.41) is 13.7. The molecule has 2 heterocycles. The summed E-state index contributed by atoms with van der Waals surface area (Å²) in [7, 11) is 0. The molecule has 5 nitrogen and oxygen atoms in total. The largest absolute Gasteiger partial charge is 0.478 e. The Morgan fingerprint density at radius 2 is 2.19 bits per heavy atom. The molecule has 0 unspecified atom stereocenters. The zero-order chi connectivity index (χ0) is 15.1. The van der Waals surface area contributed by atoms with Crippen LogP contribution < -0.4 is 5.32 Å². The topological polar surface area (TPSA) is 79.3 Å². The summed E-state index contributed by atoms with van der Waals surface area (Å²) in [5.74, 6) is -1.05. The molecule has 0 atom stereocenters. The number of carbonyl (C=O) groups excluding carboxylic acids is 1. The summed E-state index contributed by atoms with van der Waals surface area (Å²) in [6, 6.07) is 6.95. The Hall–Kier alpha value is -2.21. The molecule has 0 saturated carbocycles. The molecule has 0 saturated heterocycles. The van der Waals surface area contributed by atoms with Gasteiger partial charge in [0.2, 0.25) is 5.91 Å². The Morgan fingerprint density at radius 1 is 1.33 bits per heavy atom. The van der Waals surface area contributed by atoms with E-state index in [4.69, 9.17) is 5.11 Å². The number of carboxylic acid groups (broad SMARTS) is 1. The molecule has 1 amide bonds. The molecule has 6 heteroatoms. The standard InChI is InChI=1S/C15H16N2O3S/c18-14(5-1-3-13-4-2-8-21-13)17-10-12-9-11(15(19)20)6-7-16-12/h2,4,6-9H,1,3,5,10H2,(H,17,18)(H,19,20). The van der Waals surface area contributed by atoms with Crippen LogP contribution in [0.1, 0.15) is 33.8 Å². The number of hydrogen-bond acceptors (Lipinski definition) is 4. The summed E-state index contributed by atoms with van der Waals surface area (Å²) in [6.07, 6.45) is 3.59. The molecule has 2 rings (SSSR count). The van der Waals surface area contributed by atoms with Gasteiger partial charge in [0.25, 0.3) is 0 Å². The van der Waals surface area contributed by atoms with Crippen molar-refractivity contribution in [3.63, 3.8) is 0 Å². The predicted molar refractivity (Wildman–Crippen MR) is 80.3 cm³/mol. The number of pyridine rings is 1. The van der Waals surface area contributed by atoms with Gasteiger partial charge >= 0.3 is 5.97 Å². The Balaban J connectivity index is 1.73. The van der Waals surface area contributed by atoms with Gasteiger partial charge in [0.05, 0.1) is 17.8 Å². The highest BCUT2D eigenvalue weighted by Gasteiger charge is 2.06. The molecule has 21 heavy (non-hydrogen) atoms. The second-order valence-electron chi connectivity index (χ2n) is 4.55. The third kappa shape index (κ3) is 5.00. The van der Waals surface area contributed by atoms with E-state index < -0.39 is 5.97 Å². The second kappa shape index (κ2) is 7.54. The highest BCUT2D eigenvalue weighted by atomic mass is 32.1. The lowest BCUT2D eigenvalue weighted by Crippen LogP contribution is -2.23. The molecule has 0 aliphatic carbocycles. The number of carbonyl (C=O) groups is 2. The number of nitrogens with zero attached hydrogens (tertiary/aromatic N) is 1. The lowest BCUT2D eigenvalue weighted by Gasteiger charge is -2.05. The van der Waals surface area contributed by atoms with Gasteiger partial charge in [-0.05, 0) is 36.4 Å². The second-order valence-corrected chi connectivity index (χ2v) is 5.58. The van der Waals surface area contributed by atoms with E-state index >= 15 is 0 Å². The maximum absolute atomic E-state index is 11.7. The predicted octanol–water partition coefficient (Wildman–Crippen LogP) is 2.48. The van der Waals surface area contributed by atoms with Crippen molar-refractivity contribution in [3.8, 4) is 0 Å². The van der Waals surface area contributed by atoms with Crippen LogP contribution in [-0.2, 0) is 17.8 Å². The first-order chi connectivity index (χ1) is 10.1. The molecular formula is C15H16N2O3S. The first kappa shape index (κ1) is 15.2. The number of carboxylic acids is 1. The number of thiophene rings is 1. The fourth-order valence-electron chi connectivity index (χ4n) is 1.86. The van der Waals surface area contributed by atoms with Crippen LogP contribution in [0.5, 0.6) is 0 Å². The summed E-state index contributed by atoms with van der Waals surface area (Å²) >= 11 is 1.69. The van der Waals surface area contributed by atoms with Crippen LogP contribution in [0.2, 0.25) is 0 Å². The van der Waals surface area contributed by atoms with E-state index in [1.165, 1.54) is 23.2 Å². The van der Waals surface area contributed by atoms with Gasteiger partial charge in [-0.3, -0.25) is 9.78 Å². The maximum atomic E-state index is 11.7. The molecule has 0 radical (unpaired) electrons. The van der Waals surface area contributed by atoms with Gasteiger partial charge in [-0.15, -0.1) is 11.3 Å². The number of nitrogens with one attached hydrogen (secondary N) is 1. The molecule has 2 aromatic rings. The van der Waals surface area contributed by atoms with Crippen molar-refractivity contribution in [2.75, 3.05) is 0 Å². The van der Waals surface area contributed by atoms with Gasteiger partial charge in [0.1, 0.15) is 0 Å². The monoisotopic (exact) mass is 304 g/mol. The maximum Gasteiger partial charge on any atom is 0.335 e. The SMILES string of the molecule is O=C(CCCc1cccs1)NCc1cc(C(=O)O)ccn1. The molecule has 0 aromatic carbocycles. The number of aryl methyl sites for hydroxylation is 1. The van der Waals surface area contributed by atoms with Crippen LogP contribution in [0.3, 0.4) is 0 Å². The highest BCUT2D eigenvalue weighted by molar-refractivity contribution is 7.09. The fraction of sp³-hybridized carbons (Fsp3) is 0.267. The minimum Gasteiger partial charge on any atom is -0.478 e. The molecular weight excluding hydrogens is 288 g/mol. The van der Waals surface area contributed by atoms with E-state index in [1.807, 2.05) is 11.4 Å². The normalized spacial score (nSPS) is 10.3. The Kier molecular flexibility index (Phi) is 5.45. The van der Waals surface area contributed by atoms with Crippen LogP contribution in [0.25, 0.3) is 0 Å². The average Bonchev–Trinajstić information content (AvgIpc) is 2.99. The zero-order valence-corrected chi connectivity index (χ0v) is 12.2. The van der Waals surface area contributed by atoms with Gasteiger partial charge in [0.15, 0.2) is 0 Å². The van der Waals surface area contributed by atoms with E-state index in [1.54, 1.807) is 11.3 Å². The zero-order valence-electron chi connectivity index (χ0n) is 11.4. The molecule has 0 aliphatic heterocycles. The lowest BCUT2D eigenvalue weighted by molar-refractivity contribution is -0.121. The summed E-state index contributed by atoms with van der Waals surface area (Å²) in [5.41, 5.74) is 0.716. The number of amides is 1. The Bertz CT molecular complexity index is 611. The minimum atomic E-state index is -0.999. The average molecular weight is 304 g/mol. The third-order valence-corrected chi connectivity index (χ3v) is 3.87. The fourth-order valence-corrected chi connectivity index (χ4v) is 2.61. The summed E-state index contributed by atoms with van der Waals surface area (Å²) in [4.78, 5) is 27.9. The van der Waals surface area contributed by atoms with Gasteiger partial charge in [-0.2, -0.15) is 0 Å². The smallest absolute Gasteiger partial charge is 0.335 e. The van der Waals surface area contributed by atoms with Gasteiger partial charge in [0, 0.05) is 17.5 Å². The number of rotatable bonds is 7. The van der Waals surface area contributed by atoms with Crippen molar-refractivity contribution < 1.29 is 14.7 Å². The van der Waals surface area contributed by atoms with Gasteiger partial charge in [-0.1, -0.05) is 6.07 Å².